The summed E-state index contributed by atoms with van der Waals surface area (Å²) in [4.78, 5) is 11.5. The maximum atomic E-state index is 4.71. The fourth-order valence-corrected chi connectivity index (χ4v) is 3.32. The van der Waals surface area contributed by atoms with Crippen molar-refractivity contribution in [3.05, 3.63) is 16.5 Å². The van der Waals surface area contributed by atoms with Crippen LogP contribution in [0.5, 0.6) is 0 Å². The lowest BCUT2D eigenvalue weighted by Gasteiger charge is -2.35. The van der Waals surface area contributed by atoms with Crippen molar-refractivity contribution in [2.45, 2.75) is 58.4 Å². The van der Waals surface area contributed by atoms with Gasteiger partial charge in [0.2, 0.25) is 0 Å². The van der Waals surface area contributed by atoms with Gasteiger partial charge in [-0.05, 0) is 41.1 Å². The zero-order valence-electron chi connectivity index (χ0n) is 12.2. The van der Waals surface area contributed by atoms with E-state index in [1.54, 1.807) is 0 Å². The van der Waals surface area contributed by atoms with E-state index in [1.807, 2.05) is 6.07 Å². The smallest absolute Gasteiger partial charge is 0.133 e. The van der Waals surface area contributed by atoms with Crippen LogP contribution in [0.1, 0.15) is 51.8 Å². The van der Waals surface area contributed by atoms with Crippen LogP contribution in [0.2, 0.25) is 0 Å². The van der Waals surface area contributed by atoms with Crippen LogP contribution >= 0.6 is 15.9 Å². The molecule has 0 bridgehead atoms. The van der Waals surface area contributed by atoms with Gasteiger partial charge in [0.1, 0.15) is 16.2 Å². The molecule has 0 aliphatic heterocycles. The molecule has 2 rings (SSSR count). The van der Waals surface area contributed by atoms with E-state index in [4.69, 9.17) is 4.98 Å². The van der Waals surface area contributed by atoms with Gasteiger partial charge in [0.25, 0.3) is 0 Å². The number of halogens is 1. The summed E-state index contributed by atoms with van der Waals surface area (Å²) in [5, 5.41) is 0. The number of aryl methyl sites for hydroxylation is 1. The highest BCUT2D eigenvalue weighted by molar-refractivity contribution is 9.10. The molecule has 3 nitrogen and oxygen atoms in total. The number of rotatable bonds is 4. The Balaban J connectivity index is 2.15. The average molecular weight is 326 g/mol. The van der Waals surface area contributed by atoms with Gasteiger partial charge in [0, 0.05) is 25.6 Å². The van der Waals surface area contributed by atoms with Crippen LogP contribution in [0.3, 0.4) is 0 Å². The first-order valence-electron chi connectivity index (χ1n) is 7.36. The molecule has 0 N–H and O–H groups in total. The Bertz CT molecular complexity index is 422. The topological polar surface area (TPSA) is 29.0 Å². The molecule has 1 aromatic heterocycles. The summed E-state index contributed by atoms with van der Waals surface area (Å²) in [5.74, 6) is 2.84. The summed E-state index contributed by atoms with van der Waals surface area (Å²) >= 11 is 3.51. The van der Waals surface area contributed by atoms with Crippen molar-refractivity contribution in [1.29, 1.82) is 0 Å². The van der Waals surface area contributed by atoms with E-state index in [0.29, 0.717) is 6.04 Å². The molecule has 0 amide bonds. The van der Waals surface area contributed by atoms with Crippen LogP contribution in [0.15, 0.2) is 10.7 Å². The first kappa shape index (κ1) is 14.8. The molecule has 2 unspecified atom stereocenters. The number of nitrogens with zero attached hydrogens (tertiary/aromatic N) is 3. The van der Waals surface area contributed by atoms with Crippen molar-refractivity contribution in [2.75, 3.05) is 11.9 Å². The third kappa shape index (κ3) is 3.91. The van der Waals surface area contributed by atoms with E-state index < -0.39 is 0 Å². The average Bonchev–Trinajstić information content (AvgIpc) is 2.37. The van der Waals surface area contributed by atoms with Gasteiger partial charge in [0.05, 0.1) is 0 Å². The molecule has 4 heteroatoms. The Labute approximate surface area is 125 Å². The lowest BCUT2D eigenvalue weighted by Crippen LogP contribution is -2.36. The molecule has 0 aromatic carbocycles. The summed E-state index contributed by atoms with van der Waals surface area (Å²) in [7, 11) is 2.17. The quantitative estimate of drug-likeness (QED) is 0.776. The fourth-order valence-electron chi connectivity index (χ4n) is 2.91. The van der Waals surface area contributed by atoms with Gasteiger partial charge in [-0.2, -0.15) is 0 Å². The highest BCUT2D eigenvalue weighted by Gasteiger charge is 2.23. The molecule has 19 heavy (non-hydrogen) atoms. The van der Waals surface area contributed by atoms with E-state index in [9.17, 15) is 0 Å². The Hall–Kier alpha value is -0.640. The minimum atomic E-state index is 0.625. The van der Waals surface area contributed by atoms with Crippen LogP contribution in [0, 0.1) is 5.92 Å². The molecule has 0 spiro atoms. The predicted molar refractivity (Wildman–Crippen MR) is 83.6 cm³/mol. The largest absolute Gasteiger partial charge is 0.357 e. The maximum Gasteiger partial charge on any atom is 0.133 e. The molecular formula is C15H24BrN3. The molecule has 0 saturated heterocycles. The van der Waals surface area contributed by atoms with Gasteiger partial charge in [-0.3, -0.25) is 0 Å². The monoisotopic (exact) mass is 325 g/mol. The first-order chi connectivity index (χ1) is 9.10. The first-order valence-corrected chi connectivity index (χ1v) is 8.15. The second-order valence-electron chi connectivity index (χ2n) is 5.75. The minimum absolute atomic E-state index is 0.625. The second-order valence-corrected chi connectivity index (χ2v) is 6.56. The van der Waals surface area contributed by atoms with Gasteiger partial charge in [-0.15, -0.1) is 0 Å². The number of aromatic nitrogens is 2. The lowest BCUT2D eigenvalue weighted by atomic mass is 9.86. The van der Waals surface area contributed by atoms with E-state index in [2.05, 4.69) is 46.7 Å². The van der Waals surface area contributed by atoms with Crippen molar-refractivity contribution in [1.82, 2.24) is 9.97 Å². The van der Waals surface area contributed by atoms with Crippen LogP contribution in [0.25, 0.3) is 0 Å². The van der Waals surface area contributed by atoms with Crippen molar-refractivity contribution in [3.63, 3.8) is 0 Å². The van der Waals surface area contributed by atoms with Gasteiger partial charge in [-0.25, -0.2) is 9.97 Å². The molecule has 1 aromatic rings. The zero-order valence-corrected chi connectivity index (χ0v) is 13.8. The summed E-state index contributed by atoms with van der Waals surface area (Å²) in [5.41, 5.74) is 0. The Morgan fingerprint density at radius 1 is 1.37 bits per heavy atom. The second kappa shape index (κ2) is 6.69. The number of anilines is 1. The summed E-state index contributed by atoms with van der Waals surface area (Å²) in [6, 6.07) is 2.67. The highest BCUT2D eigenvalue weighted by atomic mass is 79.9. The molecule has 1 aliphatic rings. The summed E-state index contributed by atoms with van der Waals surface area (Å²) in [6.45, 7) is 4.52. The third-order valence-electron chi connectivity index (χ3n) is 4.02. The van der Waals surface area contributed by atoms with E-state index in [1.165, 1.54) is 25.7 Å². The summed E-state index contributed by atoms with van der Waals surface area (Å²) in [6.07, 6.45) is 7.30. The Morgan fingerprint density at radius 3 is 2.84 bits per heavy atom. The molecule has 1 saturated carbocycles. The van der Waals surface area contributed by atoms with Crippen molar-refractivity contribution in [3.8, 4) is 0 Å². The van der Waals surface area contributed by atoms with Gasteiger partial charge in [0.15, 0.2) is 0 Å². The standard InChI is InChI=1S/C15H24BrN3/c1-4-6-14-17-13(16)10-15(18-14)19(3)12-8-5-7-11(2)9-12/h10-12H,4-9H2,1-3H3. The minimum Gasteiger partial charge on any atom is -0.357 e. The van der Waals surface area contributed by atoms with Crippen molar-refractivity contribution < 1.29 is 0 Å². The molecule has 1 fully saturated rings. The van der Waals surface area contributed by atoms with Crippen LogP contribution < -0.4 is 4.90 Å². The number of hydrogen-bond acceptors (Lipinski definition) is 3. The Kier molecular flexibility index (Phi) is 5.20. The van der Waals surface area contributed by atoms with E-state index >= 15 is 0 Å². The lowest BCUT2D eigenvalue weighted by molar-refractivity contribution is 0.335. The van der Waals surface area contributed by atoms with Crippen molar-refractivity contribution >= 4 is 21.7 Å². The number of hydrogen-bond donors (Lipinski definition) is 0. The van der Waals surface area contributed by atoms with Crippen LogP contribution in [-0.2, 0) is 6.42 Å². The zero-order chi connectivity index (χ0) is 13.8. The normalized spacial score (nSPS) is 23.4. The van der Waals surface area contributed by atoms with Crippen LogP contribution in [0.4, 0.5) is 5.82 Å². The summed E-state index contributed by atoms with van der Waals surface area (Å²) < 4.78 is 0.900. The SMILES string of the molecule is CCCc1nc(Br)cc(N(C)C2CCCC(C)C2)n1. The molecule has 0 radical (unpaired) electrons. The predicted octanol–water partition coefficient (Wildman–Crippen LogP) is 4.21. The van der Waals surface area contributed by atoms with Crippen molar-refractivity contribution in [2.24, 2.45) is 5.92 Å². The van der Waals surface area contributed by atoms with Gasteiger partial charge >= 0.3 is 0 Å². The van der Waals surface area contributed by atoms with E-state index in [0.717, 1.165) is 35.0 Å². The van der Waals surface area contributed by atoms with E-state index in [-0.39, 0.29) is 0 Å². The highest BCUT2D eigenvalue weighted by Crippen LogP contribution is 2.29. The Morgan fingerprint density at radius 2 is 2.16 bits per heavy atom. The fraction of sp³-hybridized carbons (Fsp3) is 0.733. The van der Waals surface area contributed by atoms with Gasteiger partial charge < -0.3 is 4.90 Å². The van der Waals surface area contributed by atoms with Gasteiger partial charge in [-0.1, -0.05) is 26.7 Å². The maximum absolute atomic E-state index is 4.71. The third-order valence-corrected chi connectivity index (χ3v) is 4.43. The molecular weight excluding hydrogens is 302 g/mol. The van der Waals surface area contributed by atoms with Crippen LogP contribution in [-0.4, -0.2) is 23.1 Å². The molecule has 106 valence electrons. The molecule has 2 atom stereocenters. The molecule has 1 aliphatic carbocycles. The molecule has 1 heterocycles.